The molecule has 0 unspecified atom stereocenters. The minimum Gasteiger partial charge on any atom is -0.336 e. The van der Waals surface area contributed by atoms with Crippen molar-refractivity contribution in [2.75, 3.05) is 26.2 Å². The summed E-state index contributed by atoms with van der Waals surface area (Å²) in [4.78, 5) is 14.4. The van der Waals surface area contributed by atoms with Gasteiger partial charge in [-0.15, -0.1) is 12.4 Å². The highest BCUT2D eigenvalue weighted by molar-refractivity contribution is 14.1. The van der Waals surface area contributed by atoms with Gasteiger partial charge in [0, 0.05) is 35.3 Å². The van der Waals surface area contributed by atoms with Crippen molar-refractivity contribution in [3.63, 3.8) is 0 Å². The monoisotopic (exact) mass is 380 g/mol. The van der Waals surface area contributed by atoms with Gasteiger partial charge >= 0.3 is 0 Å². The normalized spacial score (nSPS) is 15.2. The zero-order chi connectivity index (χ0) is 12.4. The molecule has 2 rings (SSSR count). The van der Waals surface area contributed by atoms with Gasteiger partial charge in [0.25, 0.3) is 5.91 Å². The minimum absolute atomic E-state index is 0. The van der Waals surface area contributed by atoms with Crippen LogP contribution in [0.3, 0.4) is 0 Å². The van der Waals surface area contributed by atoms with E-state index in [1.807, 2.05) is 17.9 Å². The molecule has 1 aliphatic rings. The molecule has 0 aliphatic carbocycles. The third kappa shape index (κ3) is 3.36. The molecule has 3 nitrogen and oxygen atoms in total. The molecule has 1 heterocycles. The summed E-state index contributed by atoms with van der Waals surface area (Å²) in [5.41, 5.74) is 3.15. The molecule has 1 aliphatic heterocycles. The van der Waals surface area contributed by atoms with E-state index in [1.54, 1.807) is 0 Å². The second-order valence-electron chi connectivity index (χ2n) is 4.44. The quantitative estimate of drug-likeness (QED) is 0.759. The molecule has 1 aromatic rings. The molecule has 0 spiro atoms. The molecule has 1 fully saturated rings. The van der Waals surface area contributed by atoms with Crippen LogP contribution in [0.2, 0.25) is 0 Å². The van der Waals surface area contributed by atoms with Crippen molar-refractivity contribution < 1.29 is 4.79 Å². The number of nitrogens with one attached hydrogen (secondary N) is 1. The zero-order valence-corrected chi connectivity index (χ0v) is 13.6. The maximum absolute atomic E-state index is 12.4. The molecular formula is C13H18ClIN2O. The second-order valence-corrected chi connectivity index (χ2v) is 5.68. The van der Waals surface area contributed by atoms with E-state index < -0.39 is 0 Å². The second kappa shape index (κ2) is 6.73. The molecule has 100 valence electrons. The standard InChI is InChI=1S/C13H17IN2O.ClH/c1-9-7-11(14)8-12(10(9)2)13(17)16-5-3-15-4-6-16;/h7-8,15H,3-6H2,1-2H3;1H. The Labute approximate surface area is 128 Å². The average Bonchev–Trinajstić information content (AvgIpc) is 2.34. The maximum atomic E-state index is 12.4. The summed E-state index contributed by atoms with van der Waals surface area (Å²) >= 11 is 2.27. The van der Waals surface area contributed by atoms with Gasteiger partial charge in [0.15, 0.2) is 0 Å². The first kappa shape index (κ1) is 15.7. The number of nitrogens with zero attached hydrogens (tertiary/aromatic N) is 1. The van der Waals surface area contributed by atoms with Crippen LogP contribution in [0.15, 0.2) is 12.1 Å². The molecule has 0 saturated carbocycles. The summed E-state index contributed by atoms with van der Waals surface area (Å²) in [6.45, 7) is 7.50. The third-order valence-corrected chi connectivity index (χ3v) is 3.89. The number of hydrogen-bond acceptors (Lipinski definition) is 2. The van der Waals surface area contributed by atoms with E-state index >= 15 is 0 Å². The lowest BCUT2D eigenvalue weighted by Gasteiger charge is -2.28. The van der Waals surface area contributed by atoms with Crippen molar-refractivity contribution in [2.24, 2.45) is 0 Å². The molecule has 0 radical (unpaired) electrons. The number of halogens is 2. The van der Waals surface area contributed by atoms with Crippen LogP contribution in [0.5, 0.6) is 0 Å². The Kier molecular flexibility index (Phi) is 5.88. The summed E-state index contributed by atoms with van der Waals surface area (Å²) in [6.07, 6.45) is 0. The molecule has 5 heteroatoms. The van der Waals surface area contributed by atoms with Crippen molar-refractivity contribution in [2.45, 2.75) is 13.8 Å². The lowest BCUT2D eigenvalue weighted by molar-refractivity contribution is 0.0735. The molecule has 1 N–H and O–H groups in total. The molecular weight excluding hydrogens is 363 g/mol. The van der Waals surface area contributed by atoms with Crippen LogP contribution in [0, 0.1) is 17.4 Å². The summed E-state index contributed by atoms with van der Waals surface area (Å²) in [5, 5.41) is 3.26. The van der Waals surface area contributed by atoms with E-state index in [2.05, 4.69) is 40.9 Å². The lowest BCUT2D eigenvalue weighted by Crippen LogP contribution is -2.46. The molecule has 18 heavy (non-hydrogen) atoms. The van der Waals surface area contributed by atoms with Crippen LogP contribution >= 0.6 is 35.0 Å². The van der Waals surface area contributed by atoms with Crippen LogP contribution < -0.4 is 5.32 Å². The van der Waals surface area contributed by atoms with Crippen molar-refractivity contribution in [1.29, 1.82) is 0 Å². The highest BCUT2D eigenvalue weighted by Gasteiger charge is 2.20. The lowest BCUT2D eigenvalue weighted by atomic mass is 10.0. The average molecular weight is 381 g/mol. The van der Waals surface area contributed by atoms with Gasteiger partial charge in [0.1, 0.15) is 0 Å². The number of aryl methyl sites for hydroxylation is 1. The molecule has 0 aromatic heterocycles. The Balaban J connectivity index is 0.00000162. The van der Waals surface area contributed by atoms with E-state index in [4.69, 9.17) is 0 Å². The number of hydrogen-bond donors (Lipinski definition) is 1. The predicted octanol–water partition coefficient (Wildman–Crippen LogP) is 2.38. The Hall–Kier alpha value is -0.330. The maximum Gasteiger partial charge on any atom is 0.254 e. The Morgan fingerprint density at radius 1 is 1.28 bits per heavy atom. The SMILES string of the molecule is Cc1cc(I)cc(C(=O)N2CCNCC2)c1C.Cl. The highest BCUT2D eigenvalue weighted by atomic mass is 127. The number of benzene rings is 1. The van der Waals surface area contributed by atoms with Gasteiger partial charge < -0.3 is 10.2 Å². The van der Waals surface area contributed by atoms with E-state index in [0.29, 0.717) is 0 Å². The van der Waals surface area contributed by atoms with Crippen LogP contribution in [-0.4, -0.2) is 37.0 Å². The Morgan fingerprint density at radius 3 is 2.50 bits per heavy atom. The van der Waals surface area contributed by atoms with Gasteiger partial charge in [-0.25, -0.2) is 0 Å². The smallest absolute Gasteiger partial charge is 0.254 e. The molecule has 1 aromatic carbocycles. The van der Waals surface area contributed by atoms with Crippen molar-refractivity contribution in [3.8, 4) is 0 Å². The van der Waals surface area contributed by atoms with Gasteiger partial charge in [-0.1, -0.05) is 0 Å². The van der Waals surface area contributed by atoms with Crippen LogP contribution in [0.4, 0.5) is 0 Å². The first-order valence-electron chi connectivity index (χ1n) is 5.86. The fourth-order valence-corrected chi connectivity index (χ4v) is 2.85. The van der Waals surface area contributed by atoms with Crippen molar-refractivity contribution >= 4 is 40.9 Å². The highest BCUT2D eigenvalue weighted by Crippen LogP contribution is 2.19. The van der Waals surface area contributed by atoms with Gasteiger partial charge in [-0.05, 0) is 59.7 Å². The van der Waals surface area contributed by atoms with E-state index in [1.165, 1.54) is 5.56 Å². The van der Waals surface area contributed by atoms with Crippen LogP contribution in [0.1, 0.15) is 21.5 Å². The fraction of sp³-hybridized carbons (Fsp3) is 0.462. The van der Waals surface area contributed by atoms with Crippen LogP contribution in [-0.2, 0) is 0 Å². The summed E-state index contributed by atoms with van der Waals surface area (Å²) in [7, 11) is 0. The van der Waals surface area contributed by atoms with Crippen LogP contribution in [0.25, 0.3) is 0 Å². The fourth-order valence-electron chi connectivity index (χ4n) is 2.08. The van der Waals surface area contributed by atoms with Gasteiger partial charge in [0.2, 0.25) is 0 Å². The first-order chi connectivity index (χ1) is 8.09. The Morgan fingerprint density at radius 2 is 1.89 bits per heavy atom. The molecule has 0 bridgehead atoms. The number of amides is 1. The first-order valence-corrected chi connectivity index (χ1v) is 6.94. The number of piperazine rings is 1. The molecule has 1 amide bonds. The summed E-state index contributed by atoms with van der Waals surface area (Å²) in [5.74, 6) is 0.172. The molecule has 0 atom stereocenters. The van der Waals surface area contributed by atoms with Crippen molar-refractivity contribution in [1.82, 2.24) is 10.2 Å². The summed E-state index contributed by atoms with van der Waals surface area (Å²) < 4.78 is 1.13. The number of carbonyl (C=O) groups excluding carboxylic acids is 1. The Bertz CT molecular complexity index is 445. The van der Waals surface area contributed by atoms with Gasteiger partial charge in [-0.2, -0.15) is 0 Å². The van der Waals surface area contributed by atoms with E-state index in [-0.39, 0.29) is 18.3 Å². The summed E-state index contributed by atoms with van der Waals surface area (Å²) in [6, 6.07) is 4.11. The number of rotatable bonds is 1. The minimum atomic E-state index is 0. The number of carbonyl (C=O) groups is 1. The topological polar surface area (TPSA) is 32.3 Å². The zero-order valence-electron chi connectivity index (χ0n) is 10.6. The van der Waals surface area contributed by atoms with Gasteiger partial charge in [0.05, 0.1) is 0 Å². The third-order valence-electron chi connectivity index (χ3n) is 3.27. The van der Waals surface area contributed by atoms with E-state index in [9.17, 15) is 4.79 Å². The predicted molar refractivity (Wildman–Crippen MR) is 84.7 cm³/mol. The van der Waals surface area contributed by atoms with Crippen molar-refractivity contribution in [3.05, 3.63) is 32.4 Å². The largest absolute Gasteiger partial charge is 0.336 e. The van der Waals surface area contributed by atoms with E-state index in [0.717, 1.165) is 40.9 Å². The van der Waals surface area contributed by atoms with Gasteiger partial charge in [-0.3, -0.25) is 4.79 Å². The molecule has 1 saturated heterocycles.